The number of nitrogens with one attached hydrogen (secondary N) is 2. The predicted molar refractivity (Wildman–Crippen MR) is 104 cm³/mol. The van der Waals surface area contributed by atoms with E-state index >= 15 is 0 Å². The van der Waals surface area contributed by atoms with Gasteiger partial charge in [-0.25, -0.2) is 0 Å². The lowest BCUT2D eigenvalue weighted by Gasteiger charge is -2.26. The molecule has 0 spiro atoms. The Bertz CT molecular complexity index is 777. The quantitative estimate of drug-likeness (QED) is 0.806. The average molecular weight is 353 g/mol. The fourth-order valence-corrected chi connectivity index (χ4v) is 2.52. The van der Waals surface area contributed by atoms with E-state index in [-0.39, 0.29) is 23.8 Å². The summed E-state index contributed by atoms with van der Waals surface area (Å²) in [4.78, 5) is 29.5. The standard InChI is InChI=1S/C21H27N3O2/c1-20(2,3)16-11-6-7-12-17(16)24-19(26)21(4,5)18(25)23-14-15-10-8-9-13-22-15/h6-13H,14H2,1-5H3,(H,23,25)(H,24,26). The maximum Gasteiger partial charge on any atom is 0.239 e. The molecule has 0 atom stereocenters. The molecule has 2 amide bonds. The summed E-state index contributed by atoms with van der Waals surface area (Å²) in [5.41, 5.74) is 1.18. The summed E-state index contributed by atoms with van der Waals surface area (Å²) in [5.74, 6) is -0.679. The van der Waals surface area contributed by atoms with Crippen molar-refractivity contribution in [3.63, 3.8) is 0 Å². The summed E-state index contributed by atoms with van der Waals surface area (Å²) in [6, 6.07) is 13.2. The molecule has 0 unspecified atom stereocenters. The number of carbonyl (C=O) groups excluding carboxylic acids is 2. The van der Waals surface area contributed by atoms with Crippen molar-refractivity contribution in [3.05, 3.63) is 59.9 Å². The molecule has 138 valence electrons. The van der Waals surface area contributed by atoms with E-state index in [2.05, 4.69) is 36.4 Å². The Balaban J connectivity index is 2.09. The molecule has 2 N–H and O–H groups in total. The molecule has 1 aromatic heterocycles. The highest BCUT2D eigenvalue weighted by Crippen LogP contribution is 2.30. The second-order valence-corrected chi connectivity index (χ2v) is 7.88. The van der Waals surface area contributed by atoms with Gasteiger partial charge in [-0.1, -0.05) is 45.0 Å². The molecule has 2 rings (SSSR count). The molecule has 1 aromatic carbocycles. The number of benzene rings is 1. The third kappa shape index (κ3) is 4.69. The maximum atomic E-state index is 12.8. The Hall–Kier alpha value is -2.69. The first-order valence-corrected chi connectivity index (χ1v) is 8.71. The monoisotopic (exact) mass is 353 g/mol. The minimum atomic E-state index is -1.21. The van der Waals surface area contributed by atoms with Gasteiger partial charge < -0.3 is 10.6 Å². The largest absolute Gasteiger partial charge is 0.350 e. The van der Waals surface area contributed by atoms with E-state index in [4.69, 9.17) is 0 Å². The molecule has 5 heteroatoms. The van der Waals surface area contributed by atoms with Crippen LogP contribution in [0.25, 0.3) is 0 Å². The molecule has 0 radical (unpaired) electrons. The van der Waals surface area contributed by atoms with E-state index in [9.17, 15) is 9.59 Å². The van der Waals surface area contributed by atoms with Gasteiger partial charge in [0.05, 0.1) is 12.2 Å². The van der Waals surface area contributed by atoms with Crippen LogP contribution in [-0.4, -0.2) is 16.8 Å². The normalized spacial score (nSPS) is 11.7. The van der Waals surface area contributed by atoms with Crippen molar-refractivity contribution in [2.24, 2.45) is 5.41 Å². The number of rotatable bonds is 5. The molecular formula is C21H27N3O2. The zero-order valence-electron chi connectivity index (χ0n) is 16.1. The second-order valence-electron chi connectivity index (χ2n) is 7.88. The number of aromatic nitrogens is 1. The Morgan fingerprint density at radius 2 is 1.58 bits per heavy atom. The molecule has 0 aliphatic rings. The number of para-hydroxylation sites is 1. The van der Waals surface area contributed by atoms with Crippen molar-refractivity contribution in [1.29, 1.82) is 0 Å². The van der Waals surface area contributed by atoms with Crippen molar-refractivity contribution in [2.75, 3.05) is 5.32 Å². The van der Waals surface area contributed by atoms with E-state index in [1.54, 1.807) is 20.0 Å². The van der Waals surface area contributed by atoms with Gasteiger partial charge >= 0.3 is 0 Å². The molecule has 0 saturated heterocycles. The fraction of sp³-hybridized carbons (Fsp3) is 0.381. The highest BCUT2D eigenvalue weighted by atomic mass is 16.2. The minimum absolute atomic E-state index is 0.116. The van der Waals surface area contributed by atoms with Crippen molar-refractivity contribution < 1.29 is 9.59 Å². The van der Waals surface area contributed by atoms with E-state index < -0.39 is 5.41 Å². The number of hydrogen-bond donors (Lipinski definition) is 2. The first-order chi connectivity index (χ1) is 12.1. The Morgan fingerprint density at radius 1 is 0.923 bits per heavy atom. The van der Waals surface area contributed by atoms with Crippen LogP contribution in [0.5, 0.6) is 0 Å². The van der Waals surface area contributed by atoms with Crippen LogP contribution in [0.3, 0.4) is 0 Å². The topological polar surface area (TPSA) is 71.1 Å². The number of anilines is 1. The minimum Gasteiger partial charge on any atom is -0.350 e. The lowest BCUT2D eigenvalue weighted by molar-refractivity contribution is -0.138. The first-order valence-electron chi connectivity index (χ1n) is 8.71. The molecule has 1 heterocycles. The van der Waals surface area contributed by atoms with Crippen molar-refractivity contribution in [1.82, 2.24) is 10.3 Å². The first kappa shape index (κ1) is 19.6. The fourth-order valence-electron chi connectivity index (χ4n) is 2.52. The van der Waals surface area contributed by atoms with E-state index in [1.807, 2.05) is 42.5 Å². The van der Waals surface area contributed by atoms with Gasteiger partial charge in [0.1, 0.15) is 5.41 Å². The Kier molecular flexibility index (Phi) is 5.80. The molecule has 0 bridgehead atoms. The van der Waals surface area contributed by atoms with E-state index in [0.717, 1.165) is 16.9 Å². The Labute approximate surface area is 155 Å². The van der Waals surface area contributed by atoms with Gasteiger partial charge in [0.15, 0.2) is 0 Å². The van der Waals surface area contributed by atoms with Gasteiger partial charge in [0.25, 0.3) is 0 Å². The summed E-state index contributed by atoms with van der Waals surface area (Å²) in [6.45, 7) is 9.79. The number of hydrogen-bond acceptors (Lipinski definition) is 3. The molecule has 0 fully saturated rings. The van der Waals surface area contributed by atoms with Crippen LogP contribution in [0.2, 0.25) is 0 Å². The zero-order valence-corrected chi connectivity index (χ0v) is 16.1. The van der Waals surface area contributed by atoms with Crippen LogP contribution in [0.4, 0.5) is 5.69 Å². The molecular weight excluding hydrogens is 326 g/mol. The van der Waals surface area contributed by atoms with Crippen LogP contribution >= 0.6 is 0 Å². The number of amides is 2. The average Bonchev–Trinajstić information content (AvgIpc) is 2.60. The van der Waals surface area contributed by atoms with Crippen molar-refractivity contribution in [2.45, 2.75) is 46.6 Å². The lowest BCUT2D eigenvalue weighted by atomic mass is 9.85. The molecule has 2 aromatic rings. The van der Waals surface area contributed by atoms with Gasteiger partial charge in [0, 0.05) is 11.9 Å². The van der Waals surface area contributed by atoms with Gasteiger partial charge in [-0.2, -0.15) is 0 Å². The van der Waals surface area contributed by atoms with Crippen LogP contribution < -0.4 is 10.6 Å². The van der Waals surface area contributed by atoms with Crippen LogP contribution in [0.15, 0.2) is 48.7 Å². The summed E-state index contributed by atoms with van der Waals surface area (Å²) in [6.07, 6.45) is 1.67. The van der Waals surface area contributed by atoms with Crippen molar-refractivity contribution >= 4 is 17.5 Å². The molecule has 0 aliphatic carbocycles. The Morgan fingerprint density at radius 3 is 2.19 bits per heavy atom. The third-order valence-corrected chi connectivity index (χ3v) is 4.27. The summed E-state index contributed by atoms with van der Waals surface area (Å²) >= 11 is 0. The highest BCUT2D eigenvalue weighted by molar-refractivity contribution is 6.10. The molecule has 26 heavy (non-hydrogen) atoms. The number of pyridine rings is 1. The van der Waals surface area contributed by atoms with Gasteiger partial charge in [0.2, 0.25) is 11.8 Å². The van der Waals surface area contributed by atoms with Gasteiger partial charge in [-0.15, -0.1) is 0 Å². The number of nitrogens with zero attached hydrogens (tertiary/aromatic N) is 1. The van der Waals surface area contributed by atoms with Crippen molar-refractivity contribution in [3.8, 4) is 0 Å². The maximum absolute atomic E-state index is 12.8. The van der Waals surface area contributed by atoms with E-state index in [0.29, 0.717) is 0 Å². The highest BCUT2D eigenvalue weighted by Gasteiger charge is 2.36. The van der Waals surface area contributed by atoms with Gasteiger partial charge in [-0.05, 0) is 43.0 Å². The van der Waals surface area contributed by atoms with Crippen LogP contribution in [-0.2, 0) is 21.5 Å². The summed E-state index contributed by atoms with van der Waals surface area (Å²) in [5, 5.41) is 5.71. The lowest BCUT2D eigenvalue weighted by Crippen LogP contribution is -2.45. The molecule has 0 aliphatic heterocycles. The SMILES string of the molecule is CC(C)(C(=O)NCc1ccccn1)C(=O)Nc1ccccc1C(C)(C)C. The predicted octanol–water partition coefficient (Wildman–Crippen LogP) is 3.66. The smallest absolute Gasteiger partial charge is 0.239 e. The zero-order chi connectivity index (χ0) is 19.4. The van der Waals surface area contributed by atoms with E-state index in [1.165, 1.54) is 0 Å². The molecule has 5 nitrogen and oxygen atoms in total. The van der Waals surface area contributed by atoms with Crippen LogP contribution in [0, 0.1) is 5.41 Å². The third-order valence-electron chi connectivity index (χ3n) is 4.27. The second kappa shape index (κ2) is 7.68. The summed E-state index contributed by atoms with van der Waals surface area (Å²) in [7, 11) is 0. The number of carbonyl (C=O) groups is 2. The van der Waals surface area contributed by atoms with Crippen LogP contribution in [0.1, 0.15) is 45.9 Å². The van der Waals surface area contributed by atoms with Gasteiger partial charge in [-0.3, -0.25) is 14.6 Å². The summed E-state index contributed by atoms with van der Waals surface area (Å²) < 4.78 is 0. The molecule has 0 saturated carbocycles.